The van der Waals surface area contributed by atoms with Gasteiger partial charge in [-0.2, -0.15) is 0 Å². The molecule has 2 nitrogen and oxygen atoms in total. The number of benzene rings is 1. The predicted molar refractivity (Wildman–Crippen MR) is 49.2 cm³/mol. The fourth-order valence-corrected chi connectivity index (χ4v) is 1.63. The van der Waals surface area contributed by atoms with E-state index >= 15 is 0 Å². The van der Waals surface area contributed by atoms with Crippen LogP contribution in [0.25, 0.3) is 10.9 Å². The molecular formula is C9H7ClFNO. The van der Waals surface area contributed by atoms with Crippen LogP contribution >= 0.6 is 11.6 Å². The average molecular weight is 200 g/mol. The van der Waals surface area contributed by atoms with Crippen molar-refractivity contribution < 1.29 is 9.50 Å². The van der Waals surface area contributed by atoms with E-state index in [0.29, 0.717) is 16.6 Å². The Kier molecular flexibility index (Phi) is 1.98. The van der Waals surface area contributed by atoms with Gasteiger partial charge in [0, 0.05) is 0 Å². The molecule has 1 heterocycles. The number of fused-ring (bicyclic) bond motifs is 1. The molecule has 0 bridgehead atoms. The van der Waals surface area contributed by atoms with Crippen LogP contribution in [0.15, 0.2) is 18.2 Å². The molecule has 4 heteroatoms. The van der Waals surface area contributed by atoms with E-state index in [1.165, 1.54) is 6.07 Å². The summed E-state index contributed by atoms with van der Waals surface area (Å²) >= 11 is 5.83. The van der Waals surface area contributed by atoms with Crippen molar-refractivity contribution in [1.29, 1.82) is 0 Å². The van der Waals surface area contributed by atoms with E-state index in [9.17, 15) is 4.39 Å². The second-order valence-corrected chi connectivity index (χ2v) is 3.12. The Labute approximate surface area is 79.0 Å². The zero-order chi connectivity index (χ0) is 9.42. The standard InChI is InChI=1S/C9H7ClFNO/c10-9-7(4-13)12-6-3-1-2-5(11)8(6)9/h1-3,12-13H,4H2. The summed E-state index contributed by atoms with van der Waals surface area (Å²) in [5, 5.41) is 9.47. The summed E-state index contributed by atoms with van der Waals surface area (Å²) < 4.78 is 13.2. The van der Waals surface area contributed by atoms with Gasteiger partial charge in [-0.3, -0.25) is 0 Å². The minimum Gasteiger partial charge on any atom is -0.390 e. The number of aliphatic hydroxyl groups excluding tert-OH is 1. The van der Waals surface area contributed by atoms with Gasteiger partial charge in [0.25, 0.3) is 0 Å². The maximum absolute atomic E-state index is 13.2. The summed E-state index contributed by atoms with van der Waals surface area (Å²) in [6.45, 7) is -0.215. The van der Waals surface area contributed by atoms with Gasteiger partial charge < -0.3 is 10.1 Å². The van der Waals surface area contributed by atoms with Gasteiger partial charge in [0.15, 0.2) is 0 Å². The minimum atomic E-state index is -0.376. The Bertz CT molecular complexity index is 452. The van der Waals surface area contributed by atoms with Crippen molar-refractivity contribution in [3.8, 4) is 0 Å². The van der Waals surface area contributed by atoms with Crippen LogP contribution in [0, 0.1) is 5.82 Å². The predicted octanol–water partition coefficient (Wildman–Crippen LogP) is 2.45. The number of aromatic nitrogens is 1. The van der Waals surface area contributed by atoms with Crippen LogP contribution in [0.3, 0.4) is 0 Å². The van der Waals surface area contributed by atoms with Crippen LogP contribution in [-0.4, -0.2) is 10.1 Å². The molecule has 0 radical (unpaired) electrons. The monoisotopic (exact) mass is 199 g/mol. The van der Waals surface area contributed by atoms with Crippen molar-refractivity contribution in [2.24, 2.45) is 0 Å². The molecule has 0 aliphatic carbocycles. The maximum atomic E-state index is 13.2. The summed E-state index contributed by atoms with van der Waals surface area (Å²) in [7, 11) is 0. The summed E-state index contributed by atoms with van der Waals surface area (Å²) in [5.41, 5.74) is 1.05. The molecule has 0 amide bonds. The first-order valence-corrected chi connectivity index (χ1v) is 4.17. The van der Waals surface area contributed by atoms with Crippen molar-refractivity contribution >= 4 is 22.5 Å². The lowest BCUT2D eigenvalue weighted by Crippen LogP contribution is -1.81. The van der Waals surface area contributed by atoms with Gasteiger partial charge >= 0.3 is 0 Å². The molecular weight excluding hydrogens is 193 g/mol. The van der Waals surface area contributed by atoms with Crippen LogP contribution < -0.4 is 0 Å². The molecule has 0 aliphatic heterocycles. The topological polar surface area (TPSA) is 36.0 Å². The van der Waals surface area contributed by atoms with E-state index in [1.54, 1.807) is 12.1 Å². The van der Waals surface area contributed by atoms with Gasteiger partial charge in [0.05, 0.1) is 28.2 Å². The van der Waals surface area contributed by atoms with Crippen molar-refractivity contribution in [3.63, 3.8) is 0 Å². The van der Waals surface area contributed by atoms with Gasteiger partial charge in [0.2, 0.25) is 0 Å². The SMILES string of the molecule is OCc1[nH]c2cccc(F)c2c1Cl. The molecule has 2 N–H and O–H groups in total. The van der Waals surface area contributed by atoms with E-state index in [4.69, 9.17) is 16.7 Å². The van der Waals surface area contributed by atoms with Crippen LogP contribution in [-0.2, 0) is 6.61 Å². The Hall–Kier alpha value is -1.06. The highest BCUT2D eigenvalue weighted by Gasteiger charge is 2.11. The smallest absolute Gasteiger partial charge is 0.134 e. The third-order valence-electron chi connectivity index (χ3n) is 1.94. The zero-order valence-electron chi connectivity index (χ0n) is 6.64. The van der Waals surface area contributed by atoms with Crippen LogP contribution in [0.1, 0.15) is 5.69 Å². The fraction of sp³-hybridized carbons (Fsp3) is 0.111. The first kappa shape index (κ1) is 8.53. The van der Waals surface area contributed by atoms with Gasteiger partial charge in [0.1, 0.15) is 5.82 Å². The quantitative estimate of drug-likeness (QED) is 0.727. The number of aromatic amines is 1. The van der Waals surface area contributed by atoms with Crippen LogP contribution in [0.4, 0.5) is 4.39 Å². The third kappa shape index (κ3) is 1.20. The molecule has 0 saturated carbocycles. The molecule has 2 aromatic rings. The van der Waals surface area contributed by atoms with Gasteiger partial charge in [-0.05, 0) is 12.1 Å². The van der Waals surface area contributed by atoms with Crippen LogP contribution in [0.5, 0.6) is 0 Å². The average Bonchev–Trinajstić information content (AvgIpc) is 2.44. The largest absolute Gasteiger partial charge is 0.390 e. The molecule has 0 aliphatic rings. The molecule has 2 rings (SSSR count). The number of rotatable bonds is 1. The highest BCUT2D eigenvalue weighted by Crippen LogP contribution is 2.29. The Balaban J connectivity index is 2.85. The molecule has 0 spiro atoms. The highest BCUT2D eigenvalue weighted by molar-refractivity contribution is 6.36. The van der Waals surface area contributed by atoms with Gasteiger partial charge in [-0.15, -0.1) is 0 Å². The molecule has 1 aromatic heterocycles. The van der Waals surface area contributed by atoms with Crippen molar-refractivity contribution in [3.05, 3.63) is 34.7 Å². The summed E-state index contributed by atoms with van der Waals surface area (Å²) in [4.78, 5) is 2.83. The Morgan fingerprint density at radius 2 is 2.23 bits per heavy atom. The van der Waals surface area contributed by atoms with Crippen molar-refractivity contribution in [2.75, 3.05) is 0 Å². The van der Waals surface area contributed by atoms with Gasteiger partial charge in [-0.25, -0.2) is 4.39 Å². The Morgan fingerprint density at radius 1 is 1.46 bits per heavy atom. The lowest BCUT2D eigenvalue weighted by molar-refractivity contribution is 0.278. The molecule has 0 unspecified atom stereocenters. The van der Waals surface area contributed by atoms with E-state index in [2.05, 4.69) is 4.98 Å². The van der Waals surface area contributed by atoms with E-state index in [1.807, 2.05) is 0 Å². The number of halogens is 2. The van der Waals surface area contributed by atoms with E-state index in [0.717, 1.165) is 0 Å². The van der Waals surface area contributed by atoms with Crippen molar-refractivity contribution in [1.82, 2.24) is 4.98 Å². The summed E-state index contributed by atoms with van der Waals surface area (Å²) in [5.74, 6) is -0.376. The van der Waals surface area contributed by atoms with Crippen LogP contribution in [0.2, 0.25) is 5.02 Å². The highest BCUT2D eigenvalue weighted by atomic mass is 35.5. The normalized spacial score (nSPS) is 11.0. The second-order valence-electron chi connectivity index (χ2n) is 2.74. The number of hydrogen-bond acceptors (Lipinski definition) is 1. The number of H-pyrrole nitrogens is 1. The Morgan fingerprint density at radius 3 is 2.85 bits per heavy atom. The van der Waals surface area contributed by atoms with Gasteiger partial charge in [-0.1, -0.05) is 17.7 Å². The lowest BCUT2D eigenvalue weighted by atomic mass is 10.2. The maximum Gasteiger partial charge on any atom is 0.134 e. The fourth-order valence-electron chi connectivity index (χ4n) is 1.33. The lowest BCUT2D eigenvalue weighted by Gasteiger charge is -1.91. The first-order chi connectivity index (χ1) is 6.24. The third-order valence-corrected chi connectivity index (χ3v) is 2.36. The number of nitrogens with one attached hydrogen (secondary N) is 1. The summed E-state index contributed by atoms with van der Waals surface area (Å²) in [6, 6.07) is 4.64. The summed E-state index contributed by atoms with van der Waals surface area (Å²) in [6.07, 6.45) is 0. The molecule has 0 atom stereocenters. The number of aliphatic hydroxyl groups is 1. The van der Waals surface area contributed by atoms with E-state index in [-0.39, 0.29) is 17.4 Å². The molecule has 68 valence electrons. The van der Waals surface area contributed by atoms with Crippen molar-refractivity contribution in [2.45, 2.75) is 6.61 Å². The molecule has 1 aromatic carbocycles. The first-order valence-electron chi connectivity index (χ1n) is 3.79. The molecule has 0 fully saturated rings. The van der Waals surface area contributed by atoms with E-state index < -0.39 is 0 Å². The molecule has 0 saturated heterocycles. The second kappa shape index (κ2) is 3.01. The minimum absolute atomic E-state index is 0.215. The molecule has 13 heavy (non-hydrogen) atoms. The zero-order valence-corrected chi connectivity index (χ0v) is 7.40. The number of hydrogen-bond donors (Lipinski definition) is 2.